The summed E-state index contributed by atoms with van der Waals surface area (Å²) in [6.07, 6.45) is 0. The minimum absolute atomic E-state index is 0.0474. The minimum atomic E-state index is -3.59. The van der Waals surface area contributed by atoms with Crippen LogP contribution in [-0.2, 0) is 9.84 Å². The van der Waals surface area contributed by atoms with Gasteiger partial charge >= 0.3 is 0 Å². The summed E-state index contributed by atoms with van der Waals surface area (Å²) in [5.41, 5.74) is 11.6. The van der Waals surface area contributed by atoms with E-state index in [1.165, 1.54) is 12.1 Å². The van der Waals surface area contributed by atoms with Crippen molar-refractivity contribution in [2.45, 2.75) is 21.6 Å². The molecule has 2 aromatic rings. The van der Waals surface area contributed by atoms with Crippen molar-refractivity contribution < 1.29 is 12.8 Å². The van der Waals surface area contributed by atoms with Crippen LogP contribution in [0.15, 0.2) is 59.5 Å². The molecule has 1 fully saturated rings. The number of nitrogens with two attached hydrogens (primary N) is 2. The van der Waals surface area contributed by atoms with Gasteiger partial charge in [0.15, 0.2) is 9.84 Å². The number of rotatable bonds is 4. The largest absolute Gasteiger partial charge is 0.329 e. The van der Waals surface area contributed by atoms with Crippen LogP contribution in [0.25, 0.3) is 0 Å². The number of benzene rings is 2. The lowest BCUT2D eigenvalue weighted by molar-refractivity contribution is 0.586. The fourth-order valence-corrected chi connectivity index (χ4v) is 5.39. The van der Waals surface area contributed by atoms with Gasteiger partial charge in [0.05, 0.1) is 15.7 Å². The maximum atomic E-state index is 13.1. The third-order valence-electron chi connectivity index (χ3n) is 4.29. The molecular weight excluding hydrogens is 303 g/mol. The highest BCUT2D eigenvalue weighted by Crippen LogP contribution is 2.55. The van der Waals surface area contributed by atoms with Crippen LogP contribution in [0, 0.1) is 5.82 Å². The summed E-state index contributed by atoms with van der Waals surface area (Å²) >= 11 is 0. The lowest BCUT2D eigenvalue weighted by Crippen LogP contribution is -2.39. The molecular formula is C16H17FN2O2S. The predicted molar refractivity (Wildman–Crippen MR) is 82.5 cm³/mol. The lowest BCUT2D eigenvalue weighted by Gasteiger charge is -2.08. The van der Waals surface area contributed by atoms with Gasteiger partial charge in [-0.2, -0.15) is 0 Å². The fraction of sp³-hybridized carbons (Fsp3) is 0.250. The quantitative estimate of drug-likeness (QED) is 0.892. The van der Waals surface area contributed by atoms with E-state index in [1.54, 1.807) is 42.5 Å². The van der Waals surface area contributed by atoms with Gasteiger partial charge in [-0.1, -0.05) is 30.3 Å². The van der Waals surface area contributed by atoms with Crippen LogP contribution >= 0.6 is 0 Å². The standard InChI is InChI=1S/C16H17FN2O2S/c17-12-8-6-11(7-9-12)14-15(16(14,19)10-18)22(20,21)13-4-2-1-3-5-13/h1-9,14-15H,10,18-19H2/t14-,15-,16+/m1/s1. The smallest absolute Gasteiger partial charge is 0.183 e. The Balaban J connectivity index is 2.02. The molecule has 1 aliphatic rings. The normalized spacial score (nSPS) is 27.6. The molecule has 0 spiro atoms. The first-order valence-electron chi connectivity index (χ1n) is 6.94. The number of sulfone groups is 1. The van der Waals surface area contributed by atoms with E-state index in [-0.39, 0.29) is 17.3 Å². The summed E-state index contributed by atoms with van der Waals surface area (Å²) in [6.45, 7) is 0.0474. The zero-order chi connectivity index (χ0) is 16.0. The van der Waals surface area contributed by atoms with Crippen molar-refractivity contribution in [1.29, 1.82) is 0 Å². The lowest BCUT2D eigenvalue weighted by atomic mass is 10.1. The molecule has 1 saturated carbocycles. The van der Waals surface area contributed by atoms with Gasteiger partial charge in [-0.25, -0.2) is 12.8 Å². The second-order valence-corrected chi connectivity index (χ2v) is 7.69. The van der Waals surface area contributed by atoms with E-state index < -0.39 is 26.5 Å². The first-order chi connectivity index (χ1) is 10.4. The van der Waals surface area contributed by atoms with Crippen molar-refractivity contribution in [2.24, 2.45) is 11.5 Å². The van der Waals surface area contributed by atoms with Gasteiger partial charge in [0, 0.05) is 12.5 Å². The van der Waals surface area contributed by atoms with Gasteiger partial charge in [0.1, 0.15) is 5.82 Å². The molecule has 0 unspecified atom stereocenters. The van der Waals surface area contributed by atoms with E-state index in [1.807, 2.05) is 0 Å². The van der Waals surface area contributed by atoms with Crippen LogP contribution in [0.1, 0.15) is 11.5 Å². The van der Waals surface area contributed by atoms with Crippen molar-refractivity contribution in [3.63, 3.8) is 0 Å². The summed E-state index contributed by atoms with van der Waals surface area (Å²) in [6, 6.07) is 13.9. The van der Waals surface area contributed by atoms with Gasteiger partial charge in [-0.3, -0.25) is 0 Å². The minimum Gasteiger partial charge on any atom is -0.329 e. The van der Waals surface area contributed by atoms with Gasteiger partial charge in [0.2, 0.25) is 0 Å². The maximum Gasteiger partial charge on any atom is 0.183 e. The predicted octanol–water partition coefficient (Wildman–Crippen LogP) is 1.42. The van der Waals surface area contributed by atoms with Crippen molar-refractivity contribution in [3.05, 3.63) is 66.0 Å². The molecule has 2 aromatic carbocycles. The van der Waals surface area contributed by atoms with Gasteiger partial charge in [-0.15, -0.1) is 0 Å². The zero-order valence-electron chi connectivity index (χ0n) is 11.8. The van der Waals surface area contributed by atoms with Crippen molar-refractivity contribution in [3.8, 4) is 0 Å². The summed E-state index contributed by atoms with van der Waals surface area (Å²) in [5, 5.41) is -0.794. The van der Waals surface area contributed by atoms with Crippen LogP contribution in [0.5, 0.6) is 0 Å². The average molecular weight is 320 g/mol. The van der Waals surface area contributed by atoms with E-state index in [9.17, 15) is 12.8 Å². The maximum absolute atomic E-state index is 13.1. The summed E-state index contributed by atoms with van der Waals surface area (Å²) in [5.74, 6) is -0.800. The molecule has 0 radical (unpaired) electrons. The summed E-state index contributed by atoms with van der Waals surface area (Å²) in [7, 11) is -3.59. The topological polar surface area (TPSA) is 86.2 Å². The molecule has 4 N–H and O–H groups in total. The SMILES string of the molecule is NC[C@]1(N)[C@H](c2ccc(F)cc2)[C@H]1S(=O)(=O)c1ccccc1. The Morgan fingerprint density at radius 3 is 2.18 bits per heavy atom. The van der Waals surface area contributed by atoms with E-state index in [0.717, 1.165) is 0 Å². The molecule has 116 valence electrons. The van der Waals surface area contributed by atoms with Crippen LogP contribution in [0.4, 0.5) is 4.39 Å². The third-order valence-corrected chi connectivity index (χ3v) is 6.60. The Morgan fingerprint density at radius 2 is 1.64 bits per heavy atom. The van der Waals surface area contributed by atoms with Gasteiger partial charge in [0.25, 0.3) is 0 Å². The fourth-order valence-electron chi connectivity index (χ4n) is 3.05. The summed E-state index contributed by atoms with van der Waals surface area (Å²) < 4.78 is 38.7. The Morgan fingerprint density at radius 1 is 1.05 bits per heavy atom. The van der Waals surface area contributed by atoms with Crippen molar-refractivity contribution >= 4 is 9.84 Å². The monoisotopic (exact) mass is 320 g/mol. The Labute approximate surface area is 128 Å². The highest BCUT2D eigenvalue weighted by atomic mass is 32.2. The first-order valence-corrected chi connectivity index (χ1v) is 8.49. The van der Waals surface area contributed by atoms with E-state index in [2.05, 4.69) is 0 Å². The Bertz CT molecular complexity index is 778. The Kier molecular flexibility index (Phi) is 3.55. The van der Waals surface area contributed by atoms with Crippen LogP contribution < -0.4 is 11.5 Å². The average Bonchev–Trinajstić information content (AvgIpc) is 3.17. The molecule has 0 heterocycles. The molecule has 0 aromatic heterocycles. The van der Waals surface area contributed by atoms with Gasteiger partial charge < -0.3 is 11.5 Å². The molecule has 0 aliphatic heterocycles. The molecule has 1 aliphatic carbocycles. The molecule has 22 heavy (non-hydrogen) atoms. The third kappa shape index (κ3) is 2.24. The number of hydrogen-bond donors (Lipinski definition) is 2. The Hall–Kier alpha value is -1.76. The van der Waals surface area contributed by atoms with E-state index >= 15 is 0 Å². The van der Waals surface area contributed by atoms with Gasteiger partial charge in [-0.05, 0) is 29.8 Å². The van der Waals surface area contributed by atoms with Crippen molar-refractivity contribution in [1.82, 2.24) is 0 Å². The zero-order valence-corrected chi connectivity index (χ0v) is 12.6. The summed E-state index contributed by atoms with van der Waals surface area (Å²) in [4.78, 5) is 0.230. The van der Waals surface area contributed by atoms with Crippen molar-refractivity contribution in [2.75, 3.05) is 6.54 Å². The molecule has 0 bridgehead atoms. The molecule has 0 saturated heterocycles. The second kappa shape index (κ2) is 5.15. The second-order valence-electron chi connectivity index (χ2n) is 5.62. The molecule has 4 nitrogen and oxygen atoms in total. The number of halogens is 1. The molecule has 0 amide bonds. The molecule has 3 rings (SSSR count). The van der Waals surface area contributed by atoms with Crippen LogP contribution in [0.3, 0.4) is 0 Å². The highest BCUT2D eigenvalue weighted by molar-refractivity contribution is 7.92. The highest BCUT2D eigenvalue weighted by Gasteiger charge is 2.68. The van der Waals surface area contributed by atoms with Crippen LogP contribution in [-0.4, -0.2) is 25.8 Å². The first kappa shape index (κ1) is 15.1. The van der Waals surface area contributed by atoms with E-state index in [4.69, 9.17) is 11.5 Å². The number of hydrogen-bond acceptors (Lipinski definition) is 4. The molecule has 3 atom stereocenters. The van der Waals surface area contributed by atoms with E-state index in [0.29, 0.717) is 5.56 Å². The molecule has 6 heteroatoms. The van der Waals surface area contributed by atoms with Crippen LogP contribution in [0.2, 0.25) is 0 Å².